The molecular formula is C28H31BrN4O3. The van der Waals surface area contributed by atoms with E-state index in [4.69, 9.17) is 4.74 Å². The summed E-state index contributed by atoms with van der Waals surface area (Å²) in [6.45, 7) is 11.5. The van der Waals surface area contributed by atoms with Gasteiger partial charge in [0.25, 0.3) is 5.91 Å². The number of benzene rings is 2. The predicted molar refractivity (Wildman–Crippen MR) is 143 cm³/mol. The summed E-state index contributed by atoms with van der Waals surface area (Å²) in [5, 5.41) is 11.5. The van der Waals surface area contributed by atoms with Crippen LogP contribution in [0.1, 0.15) is 36.2 Å². The average Bonchev–Trinajstić information content (AvgIpc) is 3.30. The monoisotopic (exact) mass is 550 g/mol. The maximum absolute atomic E-state index is 14.1. The van der Waals surface area contributed by atoms with Crippen molar-refractivity contribution in [2.75, 3.05) is 39.4 Å². The minimum atomic E-state index is -0.767. The number of nitrogens with one attached hydrogen (secondary N) is 1. The number of hydrogen-bond acceptors (Lipinski definition) is 5. The molecule has 6 rings (SSSR count). The Bertz CT molecular complexity index is 1350. The quantitative estimate of drug-likeness (QED) is 0.493. The van der Waals surface area contributed by atoms with Crippen molar-refractivity contribution in [3.8, 4) is 5.75 Å². The van der Waals surface area contributed by atoms with Gasteiger partial charge < -0.3 is 19.7 Å². The lowest BCUT2D eigenvalue weighted by Crippen LogP contribution is -2.52. The van der Waals surface area contributed by atoms with Crippen LogP contribution in [0.4, 0.5) is 0 Å². The lowest BCUT2D eigenvalue weighted by molar-refractivity contribution is -0.133. The van der Waals surface area contributed by atoms with Crippen LogP contribution in [0.25, 0.3) is 10.9 Å². The summed E-state index contributed by atoms with van der Waals surface area (Å²) in [7, 11) is 0. The molecule has 3 aliphatic rings. The summed E-state index contributed by atoms with van der Waals surface area (Å²) in [6, 6.07) is 13.3. The minimum Gasteiger partial charge on any atom is -0.508 e. The third kappa shape index (κ3) is 3.74. The number of H-pyrrole nitrogens is 1. The fourth-order valence-corrected chi connectivity index (χ4v) is 6.54. The number of phenols is 1. The average molecular weight is 551 g/mol. The lowest BCUT2D eigenvalue weighted by Gasteiger charge is -2.44. The summed E-state index contributed by atoms with van der Waals surface area (Å²) >= 11 is 3.62. The van der Waals surface area contributed by atoms with E-state index in [1.807, 2.05) is 30.0 Å². The summed E-state index contributed by atoms with van der Waals surface area (Å²) in [5.41, 5.74) is 3.40. The second kappa shape index (κ2) is 8.94. The van der Waals surface area contributed by atoms with Crippen molar-refractivity contribution in [3.63, 3.8) is 0 Å². The first kappa shape index (κ1) is 23.6. The van der Waals surface area contributed by atoms with E-state index in [9.17, 15) is 9.90 Å². The van der Waals surface area contributed by atoms with E-state index in [2.05, 4.69) is 49.4 Å². The van der Waals surface area contributed by atoms with E-state index >= 15 is 0 Å². The van der Waals surface area contributed by atoms with E-state index in [0.717, 1.165) is 77.3 Å². The van der Waals surface area contributed by atoms with Crippen molar-refractivity contribution in [1.82, 2.24) is 19.7 Å². The normalized spacial score (nSPS) is 24.4. The molecule has 4 heterocycles. The second-order valence-electron chi connectivity index (χ2n) is 10.2. The highest BCUT2D eigenvalue weighted by molar-refractivity contribution is 9.10. The van der Waals surface area contributed by atoms with Gasteiger partial charge in [-0.3, -0.25) is 14.6 Å². The number of halogens is 1. The van der Waals surface area contributed by atoms with Gasteiger partial charge in [-0.05, 0) is 54.8 Å². The molecule has 2 N–H and O–H groups in total. The molecule has 0 unspecified atom stereocenters. The molecule has 0 spiro atoms. The standard InChI is InChI=1S/C28H31BrN4O3/c1-18-32(10-4-9-31-11-13-36-14-12-31)27(35)28(2)17-23-22-16-20(29)7-8-24(22)30-25(23)26(33(18)28)19-5-3-6-21(34)15-19/h3,5-8,15-16,26,30,34H,1,4,9-14,17H2,2H3/t26-,28+/m1/s1. The maximum atomic E-state index is 14.1. The van der Waals surface area contributed by atoms with E-state index in [-0.39, 0.29) is 17.7 Å². The number of rotatable bonds is 5. The van der Waals surface area contributed by atoms with Crippen LogP contribution >= 0.6 is 15.9 Å². The predicted octanol–water partition coefficient (Wildman–Crippen LogP) is 4.38. The molecule has 1 amide bonds. The first-order chi connectivity index (χ1) is 17.4. The largest absolute Gasteiger partial charge is 0.508 e. The first-order valence-electron chi connectivity index (χ1n) is 12.6. The highest BCUT2D eigenvalue weighted by atomic mass is 79.9. The third-order valence-corrected chi connectivity index (χ3v) is 8.42. The highest BCUT2D eigenvalue weighted by Gasteiger charge is 2.57. The maximum Gasteiger partial charge on any atom is 0.254 e. The van der Waals surface area contributed by atoms with Crippen LogP contribution in [-0.2, 0) is 16.0 Å². The van der Waals surface area contributed by atoms with Crippen molar-refractivity contribution in [1.29, 1.82) is 0 Å². The van der Waals surface area contributed by atoms with Crippen molar-refractivity contribution in [3.05, 3.63) is 76.2 Å². The molecule has 2 saturated heterocycles. The van der Waals surface area contributed by atoms with Crippen LogP contribution in [0.5, 0.6) is 5.75 Å². The van der Waals surface area contributed by atoms with Gasteiger partial charge >= 0.3 is 0 Å². The van der Waals surface area contributed by atoms with Crippen LogP contribution in [0.3, 0.4) is 0 Å². The number of carbonyl (C=O) groups is 1. The van der Waals surface area contributed by atoms with Crippen LogP contribution in [0.2, 0.25) is 0 Å². The number of carbonyl (C=O) groups excluding carboxylic acids is 1. The number of hydrogen-bond donors (Lipinski definition) is 2. The van der Waals surface area contributed by atoms with Gasteiger partial charge in [0.05, 0.1) is 19.3 Å². The number of morpholine rings is 1. The number of ether oxygens (including phenoxy) is 1. The fourth-order valence-electron chi connectivity index (χ4n) is 6.18. The summed E-state index contributed by atoms with van der Waals surface area (Å²) in [6.07, 6.45) is 1.47. The zero-order valence-corrected chi connectivity index (χ0v) is 22.1. The Hall–Kier alpha value is -2.81. The van der Waals surface area contributed by atoms with Crippen LogP contribution in [0, 0.1) is 0 Å². The molecule has 0 bridgehead atoms. The van der Waals surface area contributed by atoms with Gasteiger partial charge in [-0.2, -0.15) is 0 Å². The Morgan fingerprint density at radius 1 is 1.19 bits per heavy atom. The van der Waals surface area contributed by atoms with Crippen LogP contribution in [0.15, 0.2) is 59.3 Å². The van der Waals surface area contributed by atoms with Gasteiger partial charge in [-0.1, -0.05) is 34.6 Å². The molecule has 0 aliphatic carbocycles. The zero-order valence-electron chi connectivity index (χ0n) is 20.5. The Morgan fingerprint density at radius 2 is 2.00 bits per heavy atom. The number of fused-ring (bicyclic) bond motifs is 4. The number of aromatic nitrogens is 1. The molecule has 0 radical (unpaired) electrons. The highest BCUT2D eigenvalue weighted by Crippen LogP contribution is 2.51. The third-order valence-electron chi connectivity index (χ3n) is 7.93. The van der Waals surface area contributed by atoms with Gasteiger partial charge in [0.1, 0.15) is 17.1 Å². The molecule has 2 atom stereocenters. The molecule has 2 aromatic carbocycles. The molecule has 3 aromatic rings. The fraction of sp³-hybridized carbons (Fsp3) is 0.393. The summed E-state index contributed by atoms with van der Waals surface area (Å²) in [4.78, 5) is 24.1. The minimum absolute atomic E-state index is 0.0922. The van der Waals surface area contributed by atoms with Crippen molar-refractivity contribution in [2.24, 2.45) is 0 Å². The smallest absolute Gasteiger partial charge is 0.254 e. The Morgan fingerprint density at radius 3 is 2.78 bits per heavy atom. The molecule has 7 nitrogen and oxygen atoms in total. The van der Waals surface area contributed by atoms with Gasteiger partial charge in [0.15, 0.2) is 0 Å². The Labute approximate surface area is 219 Å². The topological polar surface area (TPSA) is 72.0 Å². The molecule has 188 valence electrons. The number of nitrogens with zero attached hydrogens (tertiary/aromatic N) is 3. The molecule has 3 aliphatic heterocycles. The molecule has 1 aromatic heterocycles. The molecule has 0 saturated carbocycles. The van der Waals surface area contributed by atoms with Crippen molar-refractivity contribution < 1.29 is 14.6 Å². The van der Waals surface area contributed by atoms with Gasteiger partial charge in [0, 0.05) is 53.7 Å². The molecule has 36 heavy (non-hydrogen) atoms. The van der Waals surface area contributed by atoms with Crippen LogP contribution < -0.4 is 0 Å². The zero-order chi connectivity index (χ0) is 25.0. The number of aromatic amines is 1. The van der Waals surface area contributed by atoms with Gasteiger partial charge in [-0.15, -0.1) is 0 Å². The molecular weight excluding hydrogens is 520 g/mol. The first-order valence-corrected chi connectivity index (χ1v) is 13.4. The Kier molecular flexibility index (Phi) is 5.85. The van der Waals surface area contributed by atoms with Gasteiger partial charge in [0.2, 0.25) is 0 Å². The number of aromatic hydroxyl groups is 1. The van der Waals surface area contributed by atoms with Crippen molar-refractivity contribution >= 4 is 32.7 Å². The van der Waals surface area contributed by atoms with E-state index in [1.165, 1.54) is 0 Å². The summed E-state index contributed by atoms with van der Waals surface area (Å²) < 4.78 is 6.47. The van der Waals surface area contributed by atoms with Crippen LogP contribution in [-0.4, -0.2) is 75.6 Å². The van der Waals surface area contributed by atoms with E-state index < -0.39 is 5.54 Å². The number of amides is 1. The lowest BCUT2D eigenvalue weighted by atomic mass is 9.81. The molecule has 2 fully saturated rings. The SMILES string of the molecule is C=C1N(CCCN2CCOCC2)C(=O)[C@]2(C)Cc3c([nH]c4ccc(Br)cc34)[C@@H](c3cccc(O)c3)N12. The number of phenolic OH excluding ortho intramolecular Hbond substituents is 1. The Balaban J connectivity index is 1.39. The molecule has 8 heteroatoms. The summed E-state index contributed by atoms with van der Waals surface area (Å²) in [5.74, 6) is 1.02. The van der Waals surface area contributed by atoms with E-state index in [1.54, 1.807) is 12.1 Å². The van der Waals surface area contributed by atoms with Crippen molar-refractivity contribution in [2.45, 2.75) is 31.3 Å². The second-order valence-corrected chi connectivity index (χ2v) is 11.1. The van der Waals surface area contributed by atoms with Gasteiger partial charge in [-0.25, -0.2) is 0 Å². The van der Waals surface area contributed by atoms with E-state index in [0.29, 0.717) is 13.0 Å².